The molecule has 0 aromatic heterocycles. The lowest BCUT2D eigenvalue weighted by Gasteiger charge is -2.38. The first-order valence-electron chi connectivity index (χ1n) is 11.2. The Kier molecular flexibility index (Phi) is 7.83. The number of carbonyl (C=O) groups excluding carboxylic acids is 3. The number of hydrogen-bond acceptors (Lipinski definition) is 6. The van der Waals surface area contributed by atoms with Crippen LogP contribution in [0.3, 0.4) is 0 Å². The van der Waals surface area contributed by atoms with Gasteiger partial charge >= 0.3 is 5.97 Å². The molecule has 7 atom stereocenters. The van der Waals surface area contributed by atoms with E-state index in [1.165, 1.54) is 11.0 Å². The van der Waals surface area contributed by atoms with Gasteiger partial charge in [-0.1, -0.05) is 48.0 Å². The van der Waals surface area contributed by atoms with Crippen molar-refractivity contribution in [3.63, 3.8) is 0 Å². The van der Waals surface area contributed by atoms with Crippen LogP contribution in [0.5, 0.6) is 0 Å². The molecule has 8 nitrogen and oxygen atoms in total. The van der Waals surface area contributed by atoms with Crippen LogP contribution in [0, 0.1) is 11.8 Å². The van der Waals surface area contributed by atoms with Crippen LogP contribution in [0.4, 0.5) is 0 Å². The number of amides is 2. The van der Waals surface area contributed by atoms with Gasteiger partial charge in [-0.05, 0) is 19.8 Å². The van der Waals surface area contributed by atoms with Crippen LogP contribution >= 0.6 is 15.9 Å². The van der Waals surface area contributed by atoms with Gasteiger partial charge in [-0.3, -0.25) is 14.4 Å². The van der Waals surface area contributed by atoms with Gasteiger partial charge in [0.25, 0.3) is 0 Å². The molecule has 178 valence electrons. The van der Waals surface area contributed by atoms with Crippen LogP contribution in [0.25, 0.3) is 0 Å². The Hall–Kier alpha value is -1.71. The fourth-order valence-corrected chi connectivity index (χ4v) is 6.33. The average molecular weight is 513 g/mol. The van der Waals surface area contributed by atoms with Crippen LogP contribution in [-0.4, -0.2) is 87.6 Å². The lowest BCUT2D eigenvalue weighted by atomic mass is 9.70. The summed E-state index contributed by atoms with van der Waals surface area (Å²) in [6.07, 6.45) is 4.71. The van der Waals surface area contributed by atoms with E-state index in [-0.39, 0.29) is 29.9 Å². The number of aliphatic hydroxyl groups is 1. The van der Waals surface area contributed by atoms with E-state index in [0.29, 0.717) is 19.5 Å². The fraction of sp³-hybridized carbons (Fsp3) is 0.696. The third-order valence-electron chi connectivity index (χ3n) is 6.76. The Labute approximate surface area is 197 Å². The molecular formula is C23H33BrN2O6. The number of esters is 1. The summed E-state index contributed by atoms with van der Waals surface area (Å²) in [4.78, 5) is 43.4. The van der Waals surface area contributed by atoms with E-state index < -0.39 is 41.6 Å². The van der Waals surface area contributed by atoms with Crippen molar-refractivity contribution < 1.29 is 29.0 Å². The molecule has 3 aliphatic heterocycles. The van der Waals surface area contributed by atoms with Gasteiger partial charge in [0, 0.05) is 17.9 Å². The second kappa shape index (κ2) is 10.1. The molecule has 1 N–H and O–H groups in total. The SMILES string of the molecule is C=CCOC(=O)[C@H]1[C@@H]2OC3(CC2Br)C(C(=O)N(CC=C)CCCC)N([C@H](C)CO)C(=O)[C@H]13. The van der Waals surface area contributed by atoms with Crippen molar-refractivity contribution in [3.05, 3.63) is 25.3 Å². The zero-order valence-electron chi connectivity index (χ0n) is 18.7. The van der Waals surface area contributed by atoms with Gasteiger partial charge in [0.15, 0.2) is 0 Å². The molecule has 2 bridgehead atoms. The number of likely N-dealkylation sites (tertiary alicyclic amines) is 1. The Bertz CT molecular complexity index is 776. The zero-order chi connectivity index (χ0) is 23.6. The minimum atomic E-state index is -1.15. The Morgan fingerprint density at radius 3 is 2.75 bits per heavy atom. The van der Waals surface area contributed by atoms with Gasteiger partial charge in [0.2, 0.25) is 11.8 Å². The zero-order valence-corrected chi connectivity index (χ0v) is 20.3. The lowest BCUT2D eigenvalue weighted by molar-refractivity contribution is -0.155. The molecule has 9 heteroatoms. The first kappa shape index (κ1) is 24.9. The maximum atomic E-state index is 13.9. The third-order valence-corrected chi connectivity index (χ3v) is 7.60. The molecule has 3 rings (SSSR count). The van der Waals surface area contributed by atoms with E-state index in [9.17, 15) is 19.5 Å². The maximum absolute atomic E-state index is 13.9. The summed E-state index contributed by atoms with van der Waals surface area (Å²) in [5.41, 5.74) is -1.15. The Balaban J connectivity index is 2.04. The van der Waals surface area contributed by atoms with Crippen molar-refractivity contribution in [1.82, 2.24) is 9.80 Å². The van der Waals surface area contributed by atoms with Crippen molar-refractivity contribution in [2.24, 2.45) is 11.8 Å². The lowest BCUT2D eigenvalue weighted by Crippen LogP contribution is -2.58. The van der Waals surface area contributed by atoms with Crippen LogP contribution in [-0.2, 0) is 23.9 Å². The largest absolute Gasteiger partial charge is 0.461 e. The van der Waals surface area contributed by atoms with Crippen molar-refractivity contribution in [2.75, 3.05) is 26.3 Å². The predicted octanol–water partition coefficient (Wildman–Crippen LogP) is 1.66. The molecule has 0 aromatic rings. The van der Waals surface area contributed by atoms with E-state index in [1.807, 2.05) is 6.92 Å². The minimum Gasteiger partial charge on any atom is -0.461 e. The van der Waals surface area contributed by atoms with Crippen LogP contribution in [0.15, 0.2) is 25.3 Å². The van der Waals surface area contributed by atoms with Crippen molar-refractivity contribution in [1.29, 1.82) is 0 Å². The number of hydrogen-bond donors (Lipinski definition) is 1. The van der Waals surface area contributed by atoms with Gasteiger partial charge in [-0.2, -0.15) is 0 Å². The van der Waals surface area contributed by atoms with Gasteiger partial charge in [0.1, 0.15) is 18.2 Å². The van der Waals surface area contributed by atoms with Crippen molar-refractivity contribution in [3.8, 4) is 0 Å². The van der Waals surface area contributed by atoms with E-state index in [4.69, 9.17) is 9.47 Å². The number of nitrogens with zero attached hydrogens (tertiary/aromatic N) is 2. The summed E-state index contributed by atoms with van der Waals surface area (Å²) in [6, 6.07) is -1.53. The molecule has 3 heterocycles. The molecular weight excluding hydrogens is 480 g/mol. The first-order valence-corrected chi connectivity index (χ1v) is 12.1. The monoisotopic (exact) mass is 512 g/mol. The summed E-state index contributed by atoms with van der Waals surface area (Å²) in [6.45, 7) is 11.7. The maximum Gasteiger partial charge on any atom is 0.312 e. The molecule has 3 aliphatic rings. The summed E-state index contributed by atoms with van der Waals surface area (Å²) in [7, 11) is 0. The normalized spacial score (nSPS) is 33.7. The van der Waals surface area contributed by atoms with Gasteiger partial charge in [0.05, 0.1) is 30.6 Å². The second-order valence-electron chi connectivity index (χ2n) is 8.79. The summed E-state index contributed by atoms with van der Waals surface area (Å²) in [5, 5.41) is 9.88. The highest BCUT2D eigenvalue weighted by molar-refractivity contribution is 9.09. The van der Waals surface area contributed by atoms with Crippen LogP contribution < -0.4 is 0 Å². The molecule has 32 heavy (non-hydrogen) atoms. The number of ether oxygens (including phenoxy) is 2. The Morgan fingerprint density at radius 2 is 2.16 bits per heavy atom. The quantitative estimate of drug-likeness (QED) is 0.257. The highest BCUT2D eigenvalue weighted by Gasteiger charge is 2.77. The number of unbranched alkanes of at least 4 members (excludes halogenated alkanes) is 1. The molecule has 3 saturated heterocycles. The topological polar surface area (TPSA) is 96.4 Å². The average Bonchev–Trinajstić information content (AvgIpc) is 3.37. The molecule has 0 radical (unpaired) electrons. The first-order chi connectivity index (χ1) is 15.3. The van der Waals surface area contributed by atoms with Gasteiger partial charge in [-0.15, -0.1) is 6.58 Å². The highest BCUT2D eigenvalue weighted by atomic mass is 79.9. The second-order valence-corrected chi connectivity index (χ2v) is 9.96. The van der Waals surface area contributed by atoms with Gasteiger partial charge in [-0.25, -0.2) is 0 Å². The molecule has 3 fully saturated rings. The smallest absolute Gasteiger partial charge is 0.312 e. The molecule has 3 unspecified atom stereocenters. The summed E-state index contributed by atoms with van der Waals surface area (Å²) in [5.74, 6) is -2.78. The van der Waals surface area contributed by atoms with E-state index in [2.05, 4.69) is 29.1 Å². The summed E-state index contributed by atoms with van der Waals surface area (Å²) < 4.78 is 11.7. The van der Waals surface area contributed by atoms with E-state index in [0.717, 1.165) is 12.8 Å². The fourth-order valence-electron chi connectivity index (χ4n) is 5.38. The van der Waals surface area contributed by atoms with E-state index in [1.54, 1.807) is 17.9 Å². The van der Waals surface area contributed by atoms with Gasteiger partial charge < -0.3 is 24.4 Å². The number of rotatable bonds is 11. The number of alkyl halides is 1. The molecule has 1 spiro atoms. The molecule has 0 saturated carbocycles. The van der Waals surface area contributed by atoms with Crippen molar-refractivity contribution >= 4 is 33.7 Å². The number of carbonyl (C=O) groups is 3. The van der Waals surface area contributed by atoms with E-state index >= 15 is 0 Å². The number of halogens is 1. The predicted molar refractivity (Wildman–Crippen MR) is 122 cm³/mol. The number of fused-ring (bicyclic) bond motifs is 1. The van der Waals surface area contributed by atoms with Crippen molar-refractivity contribution in [2.45, 2.75) is 61.7 Å². The standard InChI is InChI=1S/C23H33BrN2O6/c1-5-8-10-25(9-6-2)21(29)19-23-12-15(24)18(32-23)16(22(30)31-11-7-3)17(23)20(28)26(19)14(4)13-27/h6-7,14-19,27H,2-3,5,8-13H2,1,4H3/t14-,15?,16-,17+,18-,19?,23?/m1/s1. The van der Waals surface area contributed by atoms with Crippen LogP contribution in [0.2, 0.25) is 0 Å². The molecule has 0 aliphatic carbocycles. The summed E-state index contributed by atoms with van der Waals surface area (Å²) >= 11 is 3.61. The highest BCUT2D eigenvalue weighted by Crippen LogP contribution is 2.60. The van der Waals surface area contributed by atoms with Crippen LogP contribution in [0.1, 0.15) is 33.1 Å². The third kappa shape index (κ3) is 3.92. The number of aliphatic hydroxyl groups excluding tert-OH is 1. The minimum absolute atomic E-state index is 0.0339. The molecule has 2 amide bonds. The Morgan fingerprint density at radius 1 is 1.44 bits per heavy atom. The molecule has 0 aromatic carbocycles.